The van der Waals surface area contributed by atoms with Gasteiger partial charge in [0.25, 0.3) is 0 Å². The molecule has 0 bridgehead atoms. The van der Waals surface area contributed by atoms with Crippen LogP contribution in [0.25, 0.3) is 0 Å². The molecular formula is C12H16FN3O4S. The molecule has 1 aromatic heterocycles. The smallest absolute Gasteiger partial charge is 0.351 e. The van der Waals surface area contributed by atoms with Gasteiger partial charge >= 0.3 is 11.7 Å². The molecule has 0 spiro atoms. The zero-order valence-electron chi connectivity index (χ0n) is 11.2. The highest BCUT2D eigenvalue weighted by molar-refractivity contribution is 7.99. The molecular weight excluding hydrogens is 301 g/mol. The zero-order chi connectivity index (χ0) is 15.4. The second-order valence-corrected chi connectivity index (χ2v) is 5.85. The van der Waals surface area contributed by atoms with Gasteiger partial charge < -0.3 is 15.6 Å². The molecule has 1 fully saturated rings. The maximum Gasteiger partial charge on any atom is 0.351 e. The van der Waals surface area contributed by atoms with Crippen molar-refractivity contribution in [2.45, 2.75) is 37.3 Å². The number of aromatic nitrogens is 2. The summed E-state index contributed by atoms with van der Waals surface area (Å²) in [7, 11) is 0. The van der Waals surface area contributed by atoms with E-state index in [4.69, 9.17) is 15.6 Å². The van der Waals surface area contributed by atoms with Crippen LogP contribution in [-0.2, 0) is 9.53 Å². The van der Waals surface area contributed by atoms with E-state index < -0.39 is 29.5 Å². The average molecular weight is 317 g/mol. The Bertz CT molecular complexity index is 580. The molecule has 21 heavy (non-hydrogen) atoms. The number of carboxylic acids is 1. The zero-order valence-corrected chi connectivity index (χ0v) is 12.0. The van der Waals surface area contributed by atoms with Gasteiger partial charge in [0, 0.05) is 12.2 Å². The van der Waals surface area contributed by atoms with E-state index in [1.165, 1.54) is 11.8 Å². The summed E-state index contributed by atoms with van der Waals surface area (Å²) >= 11 is 1.51. The fourth-order valence-electron chi connectivity index (χ4n) is 1.99. The highest BCUT2D eigenvalue weighted by Gasteiger charge is 2.28. The average Bonchev–Trinajstić information content (AvgIpc) is 2.87. The standard InChI is InChI=1S/C12H16FN3O4S/c13-7-5-16(12(19)15-11(7)14)8-6-21-10(20-8)4-2-1-3-9(17)18/h5,8,10H,1-4,6H2,(H,17,18)(H2,14,15,19)/t8-,10+/m0/s1. The number of hydrogen-bond acceptors (Lipinski definition) is 6. The molecule has 2 rings (SSSR count). The quantitative estimate of drug-likeness (QED) is 0.759. The molecule has 1 aliphatic rings. The first-order valence-electron chi connectivity index (χ1n) is 6.50. The molecule has 1 aliphatic heterocycles. The van der Waals surface area contributed by atoms with Gasteiger partial charge in [-0.2, -0.15) is 4.98 Å². The van der Waals surface area contributed by atoms with Gasteiger partial charge in [-0.15, -0.1) is 11.8 Å². The highest BCUT2D eigenvalue weighted by atomic mass is 32.2. The molecule has 9 heteroatoms. The van der Waals surface area contributed by atoms with Gasteiger partial charge in [0.2, 0.25) is 0 Å². The van der Waals surface area contributed by atoms with Crippen molar-refractivity contribution in [1.29, 1.82) is 0 Å². The van der Waals surface area contributed by atoms with E-state index in [2.05, 4.69) is 4.98 Å². The monoisotopic (exact) mass is 317 g/mol. The lowest BCUT2D eigenvalue weighted by Gasteiger charge is -2.14. The van der Waals surface area contributed by atoms with Gasteiger partial charge in [-0.3, -0.25) is 9.36 Å². The fraction of sp³-hybridized carbons (Fsp3) is 0.583. The number of carboxylic acid groups (broad SMARTS) is 1. The van der Waals surface area contributed by atoms with Crippen LogP contribution in [0.3, 0.4) is 0 Å². The van der Waals surface area contributed by atoms with E-state index in [0.29, 0.717) is 18.6 Å². The van der Waals surface area contributed by atoms with Crippen molar-refractivity contribution in [3.63, 3.8) is 0 Å². The molecule has 1 aromatic rings. The van der Waals surface area contributed by atoms with Crippen LogP contribution in [0.4, 0.5) is 10.2 Å². The minimum absolute atomic E-state index is 0.128. The summed E-state index contributed by atoms with van der Waals surface area (Å²) in [5.41, 5.74) is 4.45. The fourth-order valence-corrected chi connectivity index (χ4v) is 3.15. The van der Waals surface area contributed by atoms with Gasteiger partial charge in [0.1, 0.15) is 11.7 Å². The molecule has 2 atom stereocenters. The predicted molar refractivity (Wildman–Crippen MR) is 75.3 cm³/mol. The third kappa shape index (κ3) is 4.18. The molecule has 7 nitrogen and oxygen atoms in total. The van der Waals surface area contributed by atoms with Crippen molar-refractivity contribution < 1.29 is 19.0 Å². The molecule has 0 aliphatic carbocycles. The summed E-state index contributed by atoms with van der Waals surface area (Å²) in [5.74, 6) is -1.49. The van der Waals surface area contributed by atoms with Gasteiger partial charge in [0.05, 0.1) is 6.20 Å². The second-order valence-electron chi connectivity index (χ2n) is 4.66. The molecule has 116 valence electrons. The minimum Gasteiger partial charge on any atom is -0.481 e. The normalized spacial score (nSPS) is 21.6. The Morgan fingerprint density at radius 1 is 1.62 bits per heavy atom. The van der Waals surface area contributed by atoms with Crippen LogP contribution < -0.4 is 11.4 Å². The third-order valence-electron chi connectivity index (χ3n) is 3.06. The molecule has 0 aromatic carbocycles. The van der Waals surface area contributed by atoms with E-state index >= 15 is 0 Å². The van der Waals surface area contributed by atoms with Crippen molar-refractivity contribution >= 4 is 23.5 Å². The molecule has 0 unspecified atom stereocenters. The Labute approximate surface area is 124 Å². The lowest BCUT2D eigenvalue weighted by molar-refractivity contribution is -0.137. The first-order chi connectivity index (χ1) is 9.97. The number of thioether (sulfide) groups is 1. The topological polar surface area (TPSA) is 107 Å². The SMILES string of the molecule is Nc1nc(=O)n([C@@H]2CS[C@H](CCCCC(=O)O)O2)cc1F. The summed E-state index contributed by atoms with van der Waals surface area (Å²) in [6.45, 7) is 0. The lowest BCUT2D eigenvalue weighted by Crippen LogP contribution is -2.29. The van der Waals surface area contributed by atoms with E-state index in [0.717, 1.165) is 17.2 Å². The molecule has 0 amide bonds. The Kier molecular flexibility index (Phi) is 5.18. The Morgan fingerprint density at radius 3 is 3.10 bits per heavy atom. The summed E-state index contributed by atoms with van der Waals surface area (Å²) in [6, 6.07) is 0. The van der Waals surface area contributed by atoms with Gasteiger partial charge in [0.15, 0.2) is 11.6 Å². The van der Waals surface area contributed by atoms with Crippen LogP contribution in [0.1, 0.15) is 31.9 Å². The Balaban J connectivity index is 1.89. The number of halogens is 1. The van der Waals surface area contributed by atoms with Crippen molar-refractivity contribution in [2.75, 3.05) is 11.5 Å². The maximum absolute atomic E-state index is 13.4. The number of unbranched alkanes of at least 4 members (excludes halogenated alkanes) is 1. The Morgan fingerprint density at radius 2 is 2.38 bits per heavy atom. The number of nitrogen functional groups attached to an aromatic ring is 1. The van der Waals surface area contributed by atoms with Crippen molar-refractivity contribution in [1.82, 2.24) is 9.55 Å². The lowest BCUT2D eigenvalue weighted by atomic mass is 10.2. The second kappa shape index (κ2) is 6.90. The van der Waals surface area contributed by atoms with Crippen LogP contribution in [0.15, 0.2) is 11.0 Å². The number of anilines is 1. The van der Waals surface area contributed by atoms with Crippen LogP contribution in [0.5, 0.6) is 0 Å². The number of nitrogens with zero attached hydrogens (tertiary/aromatic N) is 2. The molecule has 0 radical (unpaired) electrons. The van der Waals surface area contributed by atoms with Crippen molar-refractivity contribution in [3.8, 4) is 0 Å². The molecule has 2 heterocycles. The summed E-state index contributed by atoms with van der Waals surface area (Å²) < 4.78 is 20.1. The van der Waals surface area contributed by atoms with Crippen molar-refractivity contribution in [3.05, 3.63) is 22.5 Å². The van der Waals surface area contributed by atoms with Crippen LogP contribution in [-0.4, -0.2) is 31.8 Å². The first-order valence-corrected chi connectivity index (χ1v) is 7.55. The number of carbonyl (C=O) groups is 1. The minimum atomic E-state index is -0.817. The van der Waals surface area contributed by atoms with E-state index in [1.807, 2.05) is 0 Å². The summed E-state index contributed by atoms with van der Waals surface area (Å²) in [6.07, 6.45) is 2.55. The van der Waals surface area contributed by atoms with E-state index in [9.17, 15) is 14.0 Å². The van der Waals surface area contributed by atoms with Crippen LogP contribution >= 0.6 is 11.8 Å². The number of rotatable bonds is 6. The molecule has 3 N–H and O–H groups in total. The summed E-state index contributed by atoms with van der Waals surface area (Å²) in [5, 5.41) is 8.55. The molecule has 1 saturated heterocycles. The van der Waals surface area contributed by atoms with Gasteiger partial charge in [-0.25, -0.2) is 9.18 Å². The third-order valence-corrected chi connectivity index (χ3v) is 4.25. The van der Waals surface area contributed by atoms with Crippen molar-refractivity contribution in [2.24, 2.45) is 0 Å². The highest BCUT2D eigenvalue weighted by Crippen LogP contribution is 2.34. The number of aliphatic carboxylic acids is 1. The van der Waals surface area contributed by atoms with E-state index in [1.54, 1.807) is 0 Å². The first kappa shape index (κ1) is 15.8. The predicted octanol–water partition coefficient (Wildman–Crippen LogP) is 1.20. The number of hydrogen-bond donors (Lipinski definition) is 2. The van der Waals surface area contributed by atoms with Gasteiger partial charge in [-0.05, 0) is 19.3 Å². The molecule has 0 saturated carbocycles. The number of nitrogens with two attached hydrogens (primary N) is 1. The Hall–Kier alpha value is -1.61. The van der Waals surface area contributed by atoms with E-state index in [-0.39, 0.29) is 11.9 Å². The van der Waals surface area contributed by atoms with Gasteiger partial charge in [-0.1, -0.05) is 0 Å². The largest absolute Gasteiger partial charge is 0.481 e. The van der Waals surface area contributed by atoms with Crippen LogP contribution in [0, 0.1) is 5.82 Å². The van der Waals surface area contributed by atoms with Crippen LogP contribution in [0.2, 0.25) is 0 Å². The maximum atomic E-state index is 13.4. The summed E-state index contributed by atoms with van der Waals surface area (Å²) in [4.78, 5) is 25.5. The number of ether oxygens (including phenoxy) is 1.